The van der Waals surface area contributed by atoms with Crippen molar-refractivity contribution >= 4 is 11.6 Å². The van der Waals surface area contributed by atoms with Crippen molar-refractivity contribution in [2.75, 3.05) is 5.32 Å². The number of amides is 1. The number of carbonyl (C=O) groups is 1. The van der Waals surface area contributed by atoms with Crippen LogP contribution in [-0.2, 0) is 24.1 Å². The zero-order chi connectivity index (χ0) is 17.8. The van der Waals surface area contributed by atoms with Crippen LogP contribution in [0.3, 0.4) is 0 Å². The molecule has 0 atom stereocenters. The Morgan fingerprint density at radius 3 is 2.85 bits per heavy atom. The Balaban J connectivity index is 1.37. The van der Waals surface area contributed by atoms with Crippen LogP contribution in [0.15, 0.2) is 47.2 Å². The minimum Gasteiger partial charge on any atom is -0.339 e. The molecule has 6 heteroatoms. The van der Waals surface area contributed by atoms with E-state index in [1.54, 1.807) is 12.4 Å². The molecule has 4 rings (SSSR count). The van der Waals surface area contributed by atoms with E-state index in [2.05, 4.69) is 26.5 Å². The molecule has 132 valence electrons. The molecular formula is C20H20N4O2. The van der Waals surface area contributed by atoms with Gasteiger partial charge in [0.05, 0.1) is 0 Å². The molecule has 3 aromatic rings. The fraction of sp³-hybridized carbons (Fsp3) is 0.300. The average molecular weight is 348 g/mol. The monoisotopic (exact) mass is 348 g/mol. The fourth-order valence-corrected chi connectivity index (χ4v) is 3.31. The number of benzene rings is 1. The molecule has 0 bridgehead atoms. The Kier molecular flexibility index (Phi) is 4.73. The number of aromatic nitrogens is 3. The largest absolute Gasteiger partial charge is 0.339 e. The Morgan fingerprint density at radius 2 is 1.96 bits per heavy atom. The zero-order valence-corrected chi connectivity index (χ0v) is 14.4. The minimum atomic E-state index is -0.0346. The van der Waals surface area contributed by atoms with Crippen molar-refractivity contribution in [2.45, 2.75) is 38.5 Å². The standard InChI is InChI=1S/C20H20N4O2/c25-18(22-17-7-3-5-14-4-1-2-6-16(14)17)8-9-19-23-20(24-26-19)15-10-12-21-13-11-15/h3,5,7,10-13H,1-2,4,6,8-9H2,(H,22,25). The number of carbonyl (C=O) groups excluding carboxylic acids is 1. The molecule has 1 amide bonds. The number of nitrogens with zero attached hydrogens (tertiary/aromatic N) is 3. The molecule has 2 heterocycles. The van der Waals surface area contributed by atoms with Crippen molar-refractivity contribution in [1.29, 1.82) is 0 Å². The van der Waals surface area contributed by atoms with Gasteiger partial charge in [-0.1, -0.05) is 17.3 Å². The van der Waals surface area contributed by atoms with Crippen molar-refractivity contribution in [1.82, 2.24) is 15.1 Å². The summed E-state index contributed by atoms with van der Waals surface area (Å²) in [7, 11) is 0. The summed E-state index contributed by atoms with van der Waals surface area (Å²) in [5.41, 5.74) is 4.42. The van der Waals surface area contributed by atoms with Crippen LogP contribution in [0, 0.1) is 0 Å². The number of rotatable bonds is 5. The van der Waals surface area contributed by atoms with Crippen molar-refractivity contribution in [2.24, 2.45) is 0 Å². The molecule has 0 aliphatic heterocycles. The molecule has 26 heavy (non-hydrogen) atoms. The SMILES string of the molecule is O=C(CCc1nc(-c2ccncc2)no1)Nc1cccc2c1CCCC2. The summed E-state index contributed by atoms with van der Waals surface area (Å²) in [6.07, 6.45) is 8.61. The third kappa shape index (κ3) is 3.64. The van der Waals surface area contributed by atoms with Crippen LogP contribution in [-0.4, -0.2) is 21.0 Å². The van der Waals surface area contributed by atoms with Gasteiger partial charge in [0.1, 0.15) is 0 Å². The minimum absolute atomic E-state index is 0.0346. The van der Waals surface area contributed by atoms with Crippen LogP contribution in [0.2, 0.25) is 0 Å². The number of anilines is 1. The van der Waals surface area contributed by atoms with Gasteiger partial charge in [0.2, 0.25) is 17.6 Å². The van der Waals surface area contributed by atoms with E-state index in [4.69, 9.17) is 4.52 Å². The first-order chi connectivity index (χ1) is 12.8. The number of hydrogen-bond donors (Lipinski definition) is 1. The molecule has 2 aromatic heterocycles. The first kappa shape index (κ1) is 16.4. The zero-order valence-electron chi connectivity index (χ0n) is 14.4. The maximum absolute atomic E-state index is 12.3. The second-order valence-electron chi connectivity index (χ2n) is 6.45. The van der Waals surface area contributed by atoms with Gasteiger partial charge in [-0.15, -0.1) is 0 Å². The van der Waals surface area contributed by atoms with Gasteiger partial charge in [-0.2, -0.15) is 4.98 Å². The highest BCUT2D eigenvalue weighted by molar-refractivity contribution is 5.91. The van der Waals surface area contributed by atoms with Crippen LogP contribution >= 0.6 is 0 Å². The summed E-state index contributed by atoms with van der Waals surface area (Å²) < 4.78 is 5.25. The number of pyridine rings is 1. The highest BCUT2D eigenvalue weighted by Crippen LogP contribution is 2.28. The van der Waals surface area contributed by atoms with Crippen LogP contribution < -0.4 is 5.32 Å². The van der Waals surface area contributed by atoms with Crippen molar-refractivity contribution in [3.63, 3.8) is 0 Å². The van der Waals surface area contributed by atoms with E-state index in [0.717, 1.165) is 24.1 Å². The predicted octanol–water partition coefficient (Wildman–Crippen LogP) is 3.58. The van der Waals surface area contributed by atoms with Crippen LogP contribution in [0.25, 0.3) is 11.4 Å². The third-order valence-electron chi connectivity index (χ3n) is 4.64. The Morgan fingerprint density at radius 1 is 1.12 bits per heavy atom. The topological polar surface area (TPSA) is 80.9 Å². The van der Waals surface area contributed by atoms with Gasteiger partial charge in [-0.05, 0) is 55.0 Å². The number of aryl methyl sites for hydroxylation is 2. The molecule has 0 radical (unpaired) electrons. The quantitative estimate of drug-likeness (QED) is 0.762. The van der Waals surface area contributed by atoms with Crippen LogP contribution in [0.1, 0.15) is 36.3 Å². The lowest BCUT2D eigenvalue weighted by molar-refractivity contribution is -0.116. The van der Waals surface area contributed by atoms with Gasteiger partial charge in [0.25, 0.3) is 0 Å². The second kappa shape index (κ2) is 7.47. The average Bonchev–Trinajstić information content (AvgIpc) is 3.17. The summed E-state index contributed by atoms with van der Waals surface area (Å²) in [4.78, 5) is 20.7. The lowest BCUT2D eigenvalue weighted by atomic mass is 9.90. The predicted molar refractivity (Wildman–Crippen MR) is 97.6 cm³/mol. The van der Waals surface area contributed by atoms with E-state index in [0.29, 0.717) is 24.6 Å². The van der Waals surface area contributed by atoms with Crippen LogP contribution in [0.5, 0.6) is 0 Å². The van der Waals surface area contributed by atoms with Crippen LogP contribution in [0.4, 0.5) is 5.69 Å². The summed E-state index contributed by atoms with van der Waals surface area (Å²) in [5.74, 6) is 0.939. The smallest absolute Gasteiger partial charge is 0.227 e. The molecule has 0 fully saturated rings. The molecule has 1 aromatic carbocycles. The molecular weight excluding hydrogens is 328 g/mol. The van der Waals surface area contributed by atoms with Gasteiger partial charge in [-0.25, -0.2) is 0 Å². The molecule has 1 aliphatic carbocycles. The van der Waals surface area contributed by atoms with E-state index in [1.165, 1.54) is 24.0 Å². The summed E-state index contributed by atoms with van der Waals surface area (Å²) in [6.45, 7) is 0. The lowest BCUT2D eigenvalue weighted by Gasteiger charge is -2.19. The Hall–Kier alpha value is -3.02. The van der Waals surface area contributed by atoms with Gasteiger partial charge in [0.15, 0.2) is 0 Å². The van der Waals surface area contributed by atoms with Crippen molar-refractivity contribution in [3.05, 3.63) is 59.7 Å². The van der Waals surface area contributed by atoms with Crippen molar-refractivity contribution in [3.8, 4) is 11.4 Å². The van der Waals surface area contributed by atoms with E-state index in [1.807, 2.05) is 24.3 Å². The summed E-state index contributed by atoms with van der Waals surface area (Å²) in [6, 6.07) is 9.79. The molecule has 1 aliphatic rings. The number of nitrogens with one attached hydrogen (secondary N) is 1. The van der Waals surface area contributed by atoms with Gasteiger partial charge < -0.3 is 9.84 Å². The van der Waals surface area contributed by atoms with E-state index in [-0.39, 0.29) is 5.91 Å². The molecule has 0 saturated heterocycles. The maximum atomic E-state index is 12.3. The second-order valence-corrected chi connectivity index (χ2v) is 6.45. The first-order valence-electron chi connectivity index (χ1n) is 8.93. The maximum Gasteiger partial charge on any atom is 0.227 e. The summed E-state index contributed by atoms with van der Waals surface area (Å²) >= 11 is 0. The molecule has 1 N–H and O–H groups in total. The van der Waals surface area contributed by atoms with Gasteiger partial charge in [-0.3, -0.25) is 9.78 Å². The van der Waals surface area contributed by atoms with Gasteiger partial charge >= 0.3 is 0 Å². The van der Waals surface area contributed by atoms with E-state index >= 15 is 0 Å². The summed E-state index contributed by atoms with van der Waals surface area (Å²) in [5, 5.41) is 7.00. The Labute approximate surface area is 151 Å². The lowest BCUT2D eigenvalue weighted by Crippen LogP contribution is -2.15. The number of fused-ring (bicyclic) bond motifs is 1. The molecule has 0 unspecified atom stereocenters. The first-order valence-corrected chi connectivity index (χ1v) is 8.93. The number of hydrogen-bond acceptors (Lipinski definition) is 5. The fourth-order valence-electron chi connectivity index (χ4n) is 3.31. The van der Waals surface area contributed by atoms with Gasteiger partial charge in [0, 0.05) is 36.5 Å². The van der Waals surface area contributed by atoms with E-state index < -0.39 is 0 Å². The Bertz CT molecular complexity index is 905. The highest BCUT2D eigenvalue weighted by Gasteiger charge is 2.15. The van der Waals surface area contributed by atoms with Crippen molar-refractivity contribution < 1.29 is 9.32 Å². The normalized spacial score (nSPS) is 13.2. The molecule has 6 nitrogen and oxygen atoms in total. The van der Waals surface area contributed by atoms with E-state index in [9.17, 15) is 4.79 Å². The molecule has 0 saturated carbocycles. The molecule has 0 spiro atoms. The highest BCUT2D eigenvalue weighted by atomic mass is 16.5. The third-order valence-corrected chi connectivity index (χ3v) is 4.64.